The number of alkyl halides is 3. The highest BCUT2D eigenvalue weighted by atomic mass is 35.5. The molecule has 34 heavy (non-hydrogen) atoms. The van der Waals surface area contributed by atoms with Gasteiger partial charge in [-0.15, -0.1) is 4.80 Å². The quantitative estimate of drug-likeness (QED) is 0.414. The number of nitrogens with one attached hydrogen (secondary N) is 1. The molecular weight excluding hydrogens is 475 g/mol. The van der Waals surface area contributed by atoms with Gasteiger partial charge in [-0.3, -0.25) is 9.20 Å². The Labute approximate surface area is 193 Å². The lowest BCUT2D eigenvalue weighted by Gasteiger charge is -2.14. The number of aromatic nitrogens is 8. The van der Waals surface area contributed by atoms with Gasteiger partial charge in [-0.1, -0.05) is 17.7 Å². The van der Waals surface area contributed by atoms with Gasteiger partial charge in [-0.25, -0.2) is 14.6 Å². The summed E-state index contributed by atoms with van der Waals surface area (Å²) >= 11 is 6.18. The number of nitrogens with zero attached hydrogens (tertiary/aromatic N) is 8. The number of halogens is 4. The molecule has 0 aromatic carbocycles. The summed E-state index contributed by atoms with van der Waals surface area (Å²) in [7, 11) is 0. The summed E-state index contributed by atoms with van der Waals surface area (Å²) in [5.41, 5.74) is -0.583. The summed E-state index contributed by atoms with van der Waals surface area (Å²) in [6.45, 7) is 1.78. The third-order valence-electron chi connectivity index (χ3n) is 4.91. The van der Waals surface area contributed by atoms with E-state index in [2.05, 4.69) is 30.6 Å². The Hall–Kier alpha value is -4.26. The van der Waals surface area contributed by atoms with Crippen LogP contribution in [0, 0.1) is 6.92 Å². The number of hydrogen-bond donors (Lipinski definition) is 1. The lowest BCUT2D eigenvalue weighted by molar-refractivity contribution is -0.143. The van der Waals surface area contributed by atoms with Crippen LogP contribution >= 0.6 is 11.6 Å². The van der Waals surface area contributed by atoms with E-state index in [-0.39, 0.29) is 22.3 Å². The van der Waals surface area contributed by atoms with E-state index in [0.29, 0.717) is 10.3 Å². The Morgan fingerprint density at radius 3 is 2.53 bits per heavy atom. The summed E-state index contributed by atoms with van der Waals surface area (Å²) in [5.74, 6) is -0.766. The SMILES string of the molecule is Cc1ccc(-n2ncc(C(=O)Nc3cnc(-n4nccn4)c(Cl)c3)c2C(F)(F)F)n2ccnc12. The molecule has 0 saturated heterocycles. The molecule has 14 heteroatoms. The van der Waals surface area contributed by atoms with Crippen molar-refractivity contribution in [1.82, 2.24) is 39.1 Å². The molecule has 10 nitrogen and oxygen atoms in total. The number of imidazole rings is 1. The number of hydrogen-bond acceptors (Lipinski definition) is 6. The fourth-order valence-electron chi connectivity index (χ4n) is 3.44. The molecule has 0 radical (unpaired) electrons. The molecule has 5 rings (SSSR count). The van der Waals surface area contributed by atoms with Gasteiger partial charge in [0.1, 0.15) is 11.5 Å². The van der Waals surface area contributed by atoms with E-state index in [1.54, 1.807) is 13.0 Å². The third kappa shape index (κ3) is 3.65. The topological polar surface area (TPSA) is 108 Å². The van der Waals surface area contributed by atoms with Crippen molar-refractivity contribution in [1.29, 1.82) is 0 Å². The summed E-state index contributed by atoms with van der Waals surface area (Å²) in [6.07, 6.45) is 3.04. The van der Waals surface area contributed by atoms with Crippen molar-refractivity contribution in [2.45, 2.75) is 13.1 Å². The first-order valence-electron chi connectivity index (χ1n) is 9.66. The highest BCUT2D eigenvalue weighted by Gasteiger charge is 2.41. The van der Waals surface area contributed by atoms with Crippen molar-refractivity contribution in [3.8, 4) is 11.6 Å². The van der Waals surface area contributed by atoms with Crippen LogP contribution in [0.4, 0.5) is 18.9 Å². The van der Waals surface area contributed by atoms with Gasteiger partial charge in [0.25, 0.3) is 5.91 Å². The minimum atomic E-state index is -4.88. The standard InChI is InChI=1S/C20H13ClF3N9O/c1-11-2-3-15(31-7-6-25-17(11)31)32-16(20(22,23)24)13(10-29-32)19(34)30-12-8-14(21)18(26-9-12)33-27-4-5-28-33/h2-10H,1H3,(H,30,34). The highest BCUT2D eigenvalue weighted by molar-refractivity contribution is 6.32. The van der Waals surface area contributed by atoms with Crippen molar-refractivity contribution in [2.24, 2.45) is 0 Å². The zero-order chi connectivity index (χ0) is 24.0. The molecule has 0 spiro atoms. The van der Waals surface area contributed by atoms with Crippen LogP contribution < -0.4 is 5.32 Å². The summed E-state index contributed by atoms with van der Waals surface area (Å²) in [4.78, 5) is 22.2. The molecule has 5 heterocycles. The molecule has 0 aliphatic rings. The monoisotopic (exact) mass is 487 g/mol. The predicted octanol–water partition coefficient (Wildman–Crippen LogP) is 3.73. The molecule has 0 aliphatic heterocycles. The van der Waals surface area contributed by atoms with E-state index in [4.69, 9.17) is 11.6 Å². The van der Waals surface area contributed by atoms with E-state index in [9.17, 15) is 18.0 Å². The lowest BCUT2D eigenvalue weighted by Crippen LogP contribution is -2.21. The minimum Gasteiger partial charge on any atom is -0.320 e. The average molecular weight is 488 g/mol. The van der Waals surface area contributed by atoms with Gasteiger partial charge < -0.3 is 5.32 Å². The highest BCUT2D eigenvalue weighted by Crippen LogP contribution is 2.34. The van der Waals surface area contributed by atoms with Crippen LogP contribution in [0.2, 0.25) is 5.02 Å². The normalized spacial score (nSPS) is 11.8. The molecule has 0 atom stereocenters. The largest absolute Gasteiger partial charge is 0.434 e. The van der Waals surface area contributed by atoms with Gasteiger partial charge >= 0.3 is 6.18 Å². The van der Waals surface area contributed by atoms with Gasteiger partial charge in [0.05, 0.1) is 41.1 Å². The van der Waals surface area contributed by atoms with Crippen LogP contribution in [0.25, 0.3) is 17.3 Å². The minimum absolute atomic E-state index is 0.0743. The van der Waals surface area contributed by atoms with Crippen molar-refractivity contribution in [3.05, 3.63) is 77.2 Å². The molecule has 5 aromatic rings. The molecule has 5 aromatic heterocycles. The predicted molar refractivity (Wildman–Crippen MR) is 114 cm³/mol. The Bertz CT molecular complexity index is 1520. The second-order valence-electron chi connectivity index (χ2n) is 7.11. The smallest absolute Gasteiger partial charge is 0.320 e. The van der Waals surface area contributed by atoms with Crippen LogP contribution in [0.5, 0.6) is 0 Å². The molecule has 0 saturated carbocycles. The zero-order valence-electron chi connectivity index (χ0n) is 17.2. The Balaban J connectivity index is 1.53. The Kier molecular flexibility index (Phi) is 5.05. The van der Waals surface area contributed by atoms with E-state index >= 15 is 0 Å². The van der Waals surface area contributed by atoms with Gasteiger partial charge in [0, 0.05) is 12.4 Å². The van der Waals surface area contributed by atoms with Gasteiger partial charge in [-0.05, 0) is 24.6 Å². The van der Waals surface area contributed by atoms with Crippen LogP contribution in [-0.2, 0) is 6.18 Å². The molecule has 1 N–H and O–H groups in total. The van der Waals surface area contributed by atoms with Crippen molar-refractivity contribution >= 4 is 28.8 Å². The molecule has 1 amide bonds. The fourth-order valence-corrected chi connectivity index (χ4v) is 3.68. The Morgan fingerprint density at radius 1 is 1.06 bits per heavy atom. The van der Waals surface area contributed by atoms with Crippen molar-refractivity contribution < 1.29 is 18.0 Å². The number of pyridine rings is 2. The molecule has 0 aliphatic carbocycles. The second kappa shape index (κ2) is 7.95. The summed E-state index contributed by atoms with van der Waals surface area (Å²) in [5, 5.41) is 14.1. The number of fused-ring (bicyclic) bond motifs is 1. The van der Waals surface area contributed by atoms with Crippen LogP contribution in [-0.4, -0.2) is 45.1 Å². The average Bonchev–Trinajstić information content (AvgIpc) is 3.54. The lowest BCUT2D eigenvalue weighted by atomic mass is 10.2. The third-order valence-corrected chi connectivity index (χ3v) is 5.19. The van der Waals surface area contributed by atoms with E-state index in [1.807, 2.05) is 0 Å². The van der Waals surface area contributed by atoms with E-state index < -0.39 is 23.3 Å². The van der Waals surface area contributed by atoms with Gasteiger partial charge in [0.2, 0.25) is 0 Å². The molecule has 0 unspecified atom stereocenters. The first-order chi connectivity index (χ1) is 16.2. The van der Waals surface area contributed by atoms with E-state index in [1.165, 1.54) is 47.5 Å². The first kappa shape index (κ1) is 21.6. The van der Waals surface area contributed by atoms with Gasteiger partial charge in [-0.2, -0.15) is 28.5 Å². The van der Waals surface area contributed by atoms with Crippen molar-refractivity contribution in [2.75, 3.05) is 5.32 Å². The summed E-state index contributed by atoms with van der Waals surface area (Å²) < 4.78 is 44.4. The first-order valence-corrected chi connectivity index (χ1v) is 10.0. The van der Waals surface area contributed by atoms with E-state index in [0.717, 1.165) is 16.6 Å². The number of aryl methyl sites for hydroxylation is 1. The molecule has 0 bridgehead atoms. The number of carbonyl (C=O) groups is 1. The number of anilines is 1. The fraction of sp³-hybridized carbons (Fsp3) is 0.100. The number of amides is 1. The molecule has 172 valence electrons. The molecular formula is C20H13ClF3N9O. The van der Waals surface area contributed by atoms with Crippen LogP contribution in [0.3, 0.4) is 0 Å². The maximum Gasteiger partial charge on any atom is 0.434 e. The molecule has 0 fully saturated rings. The summed E-state index contributed by atoms with van der Waals surface area (Å²) in [6, 6.07) is 4.43. The Morgan fingerprint density at radius 2 is 1.82 bits per heavy atom. The van der Waals surface area contributed by atoms with Crippen LogP contribution in [0.1, 0.15) is 21.6 Å². The number of carbonyl (C=O) groups excluding carboxylic acids is 1. The maximum absolute atomic E-state index is 14.1. The van der Waals surface area contributed by atoms with Crippen LogP contribution in [0.15, 0.2) is 55.4 Å². The van der Waals surface area contributed by atoms with Gasteiger partial charge in [0.15, 0.2) is 11.5 Å². The zero-order valence-corrected chi connectivity index (χ0v) is 17.9. The number of rotatable bonds is 4. The maximum atomic E-state index is 14.1. The second-order valence-corrected chi connectivity index (χ2v) is 7.52. The van der Waals surface area contributed by atoms with Crippen molar-refractivity contribution in [3.63, 3.8) is 0 Å².